The predicted molar refractivity (Wildman–Crippen MR) is 92.6 cm³/mol. The van der Waals surface area contributed by atoms with Crippen molar-refractivity contribution >= 4 is 11.6 Å². The van der Waals surface area contributed by atoms with Crippen molar-refractivity contribution in [3.8, 4) is 5.75 Å². The lowest BCUT2D eigenvalue weighted by Gasteiger charge is -2.44. The molecular weight excluding hydrogens is 288 g/mol. The molecule has 2 aliphatic carbocycles. The molecule has 3 rings (SSSR count). The van der Waals surface area contributed by atoms with Gasteiger partial charge >= 0.3 is 0 Å². The molecule has 0 heterocycles. The van der Waals surface area contributed by atoms with E-state index in [1.807, 2.05) is 36.1 Å². The summed E-state index contributed by atoms with van der Waals surface area (Å²) in [4.78, 5) is 15.0. The molecule has 0 aliphatic heterocycles. The van der Waals surface area contributed by atoms with Crippen molar-refractivity contribution in [2.75, 3.05) is 18.6 Å². The SMILES string of the molecule is CCN(C(=O)C1CC2CCCC(C1)C2N)c1cccc(OC)c1. The van der Waals surface area contributed by atoms with Crippen LogP contribution in [-0.2, 0) is 4.79 Å². The summed E-state index contributed by atoms with van der Waals surface area (Å²) >= 11 is 0. The van der Waals surface area contributed by atoms with Crippen molar-refractivity contribution in [3.05, 3.63) is 24.3 Å². The molecule has 23 heavy (non-hydrogen) atoms. The number of nitrogens with zero attached hydrogens (tertiary/aromatic N) is 1. The fourth-order valence-electron chi connectivity index (χ4n) is 4.46. The van der Waals surface area contributed by atoms with Gasteiger partial charge < -0.3 is 15.4 Å². The lowest BCUT2D eigenvalue weighted by Crippen LogP contribution is -2.49. The van der Waals surface area contributed by atoms with E-state index in [0.29, 0.717) is 24.4 Å². The molecule has 2 aliphatic rings. The monoisotopic (exact) mass is 316 g/mol. The van der Waals surface area contributed by atoms with Gasteiger partial charge in [-0.25, -0.2) is 0 Å². The number of amides is 1. The number of anilines is 1. The van der Waals surface area contributed by atoms with Crippen LogP contribution in [0.15, 0.2) is 24.3 Å². The van der Waals surface area contributed by atoms with Crippen LogP contribution < -0.4 is 15.4 Å². The summed E-state index contributed by atoms with van der Waals surface area (Å²) in [5.41, 5.74) is 7.29. The minimum absolute atomic E-state index is 0.122. The third-order valence-corrected chi connectivity index (χ3v) is 5.71. The van der Waals surface area contributed by atoms with E-state index in [1.165, 1.54) is 19.3 Å². The maximum Gasteiger partial charge on any atom is 0.230 e. The van der Waals surface area contributed by atoms with Gasteiger partial charge in [0.2, 0.25) is 5.91 Å². The van der Waals surface area contributed by atoms with Crippen molar-refractivity contribution in [1.29, 1.82) is 0 Å². The fraction of sp³-hybridized carbons (Fsp3) is 0.632. The van der Waals surface area contributed by atoms with Crippen molar-refractivity contribution in [1.82, 2.24) is 0 Å². The van der Waals surface area contributed by atoms with Crippen molar-refractivity contribution in [2.24, 2.45) is 23.5 Å². The van der Waals surface area contributed by atoms with Gasteiger partial charge in [-0.3, -0.25) is 4.79 Å². The first-order valence-electron chi connectivity index (χ1n) is 8.85. The van der Waals surface area contributed by atoms with Crippen LogP contribution in [0.5, 0.6) is 5.75 Å². The van der Waals surface area contributed by atoms with Gasteiger partial charge in [0.25, 0.3) is 0 Å². The average Bonchev–Trinajstić information content (AvgIpc) is 2.55. The van der Waals surface area contributed by atoms with Crippen LogP contribution in [0.3, 0.4) is 0 Å². The lowest BCUT2D eigenvalue weighted by molar-refractivity contribution is -0.125. The van der Waals surface area contributed by atoms with E-state index in [2.05, 4.69) is 0 Å². The van der Waals surface area contributed by atoms with Crippen LogP contribution in [0.1, 0.15) is 39.0 Å². The molecule has 0 saturated heterocycles. The summed E-state index contributed by atoms with van der Waals surface area (Å²) in [5, 5.41) is 0. The second-order valence-corrected chi connectivity index (χ2v) is 6.98. The maximum atomic E-state index is 13.1. The highest BCUT2D eigenvalue weighted by Crippen LogP contribution is 2.42. The maximum absolute atomic E-state index is 13.1. The minimum atomic E-state index is 0.122. The highest BCUT2D eigenvalue weighted by Gasteiger charge is 2.41. The van der Waals surface area contributed by atoms with Crippen molar-refractivity contribution < 1.29 is 9.53 Å². The molecule has 2 unspecified atom stereocenters. The minimum Gasteiger partial charge on any atom is -0.497 e. The molecule has 0 spiro atoms. The third kappa shape index (κ3) is 3.23. The zero-order chi connectivity index (χ0) is 16.4. The van der Waals surface area contributed by atoms with Crippen LogP contribution in [0, 0.1) is 17.8 Å². The molecule has 2 saturated carbocycles. The number of nitrogens with two attached hydrogens (primary N) is 1. The second-order valence-electron chi connectivity index (χ2n) is 6.98. The Morgan fingerprint density at radius 3 is 2.61 bits per heavy atom. The second kappa shape index (κ2) is 6.91. The van der Waals surface area contributed by atoms with Crippen molar-refractivity contribution in [2.45, 2.75) is 45.1 Å². The molecule has 126 valence electrons. The molecule has 1 aromatic carbocycles. The van der Waals surface area contributed by atoms with Crippen LogP contribution in [-0.4, -0.2) is 25.6 Å². The van der Waals surface area contributed by atoms with E-state index in [4.69, 9.17) is 10.5 Å². The van der Waals surface area contributed by atoms with Gasteiger partial charge in [0.15, 0.2) is 0 Å². The van der Waals surface area contributed by atoms with Gasteiger partial charge in [-0.05, 0) is 56.6 Å². The highest BCUT2D eigenvalue weighted by atomic mass is 16.5. The van der Waals surface area contributed by atoms with Crippen molar-refractivity contribution in [3.63, 3.8) is 0 Å². The molecule has 2 N–H and O–H groups in total. The Hall–Kier alpha value is -1.55. The molecule has 0 aromatic heterocycles. The summed E-state index contributed by atoms with van der Waals surface area (Å²) in [6, 6.07) is 8.08. The summed E-state index contributed by atoms with van der Waals surface area (Å²) in [7, 11) is 1.65. The fourth-order valence-corrected chi connectivity index (χ4v) is 4.46. The molecule has 2 fully saturated rings. The van der Waals surface area contributed by atoms with Crippen LogP contribution >= 0.6 is 0 Å². The van der Waals surface area contributed by atoms with E-state index in [0.717, 1.165) is 24.3 Å². The Balaban J connectivity index is 1.77. The van der Waals surface area contributed by atoms with E-state index in [9.17, 15) is 4.79 Å². The third-order valence-electron chi connectivity index (χ3n) is 5.71. The summed E-state index contributed by atoms with van der Waals surface area (Å²) in [6.45, 7) is 2.72. The number of ether oxygens (including phenoxy) is 1. The lowest BCUT2D eigenvalue weighted by atomic mass is 9.65. The molecule has 0 radical (unpaired) electrons. The molecule has 2 atom stereocenters. The molecule has 2 bridgehead atoms. The Morgan fingerprint density at radius 1 is 1.30 bits per heavy atom. The summed E-state index contributed by atoms with van der Waals surface area (Å²) < 4.78 is 5.29. The van der Waals surface area contributed by atoms with E-state index < -0.39 is 0 Å². The molecule has 1 aromatic rings. The zero-order valence-corrected chi connectivity index (χ0v) is 14.2. The highest BCUT2D eigenvalue weighted by molar-refractivity contribution is 5.95. The van der Waals surface area contributed by atoms with Gasteiger partial charge in [0, 0.05) is 30.3 Å². The van der Waals surface area contributed by atoms with Gasteiger partial charge in [0.1, 0.15) is 5.75 Å². The van der Waals surface area contributed by atoms with E-state index in [1.54, 1.807) is 7.11 Å². The van der Waals surface area contributed by atoms with Crippen LogP contribution in [0.4, 0.5) is 5.69 Å². The normalized spacial score (nSPS) is 29.9. The molecular formula is C19H28N2O2. The topological polar surface area (TPSA) is 55.6 Å². The first kappa shape index (κ1) is 16.3. The zero-order valence-electron chi connectivity index (χ0n) is 14.2. The number of hydrogen-bond acceptors (Lipinski definition) is 3. The quantitative estimate of drug-likeness (QED) is 0.928. The number of carbonyl (C=O) groups is 1. The number of hydrogen-bond donors (Lipinski definition) is 1. The predicted octanol–water partition coefficient (Wildman–Crippen LogP) is 3.20. The Kier molecular flexibility index (Phi) is 4.90. The standard InChI is InChI=1S/C19H28N2O2/c1-3-21(16-8-5-9-17(12-16)23-2)19(22)15-10-13-6-4-7-14(11-15)18(13)20/h5,8-9,12-15,18H,3-4,6-7,10-11,20H2,1-2H3. The number of methoxy groups -OCH3 is 1. The van der Waals surface area contributed by atoms with Crippen LogP contribution in [0.25, 0.3) is 0 Å². The first-order valence-corrected chi connectivity index (χ1v) is 8.85. The molecule has 4 heteroatoms. The molecule has 4 nitrogen and oxygen atoms in total. The first-order chi connectivity index (χ1) is 11.1. The largest absolute Gasteiger partial charge is 0.497 e. The van der Waals surface area contributed by atoms with E-state index in [-0.39, 0.29) is 11.8 Å². The van der Waals surface area contributed by atoms with E-state index >= 15 is 0 Å². The summed E-state index contributed by atoms with van der Waals surface area (Å²) in [6.07, 6.45) is 5.56. The number of benzene rings is 1. The number of carbonyl (C=O) groups excluding carboxylic acids is 1. The Morgan fingerprint density at radius 2 is 2.00 bits per heavy atom. The smallest absolute Gasteiger partial charge is 0.230 e. The number of fused-ring (bicyclic) bond motifs is 2. The van der Waals surface area contributed by atoms with Crippen LogP contribution in [0.2, 0.25) is 0 Å². The molecule has 1 amide bonds. The number of rotatable bonds is 4. The van der Waals surface area contributed by atoms with Gasteiger partial charge in [-0.1, -0.05) is 12.5 Å². The summed E-state index contributed by atoms with van der Waals surface area (Å²) in [5.74, 6) is 2.22. The Labute approximate surface area is 139 Å². The Bertz CT molecular complexity index is 546. The van der Waals surface area contributed by atoms with Gasteiger partial charge in [-0.2, -0.15) is 0 Å². The van der Waals surface area contributed by atoms with Gasteiger partial charge in [0.05, 0.1) is 7.11 Å². The average molecular weight is 316 g/mol. The van der Waals surface area contributed by atoms with Gasteiger partial charge in [-0.15, -0.1) is 0 Å².